The highest BCUT2D eigenvalue weighted by Gasteiger charge is 2.22. The average molecular weight is 326 g/mol. The lowest BCUT2D eigenvalue weighted by atomic mass is 10.1. The molecule has 0 radical (unpaired) electrons. The van der Waals surface area contributed by atoms with Gasteiger partial charge < -0.3 is 4.74 Å². The highest BCUT2D eigenvalue weighted by atomic mass is 35.5. The Morgan fingerprint density at radius 3 is 2.65 bits per heavy atom. The molecule has 2 aromatic carbocycles. The quantitative estimate of drug-likeness (QED) is 0.609. The summed E-state index contributed by atoms with van der Waals surface area (Å²) in [7, 11) is 0. The number of rotatable bonds is 4. The molecule has 0 saturated carbocycles. The van der Waals surface area contributed by atoms with E-state index >= 15 is 0 Å². The van der Waals surface area contributed by atoms with Crippen molar-refractivity contribution in [2.24, 2.45) is 4.99 Å². The summed E-state index contributed by atoms with van der Waals surface area (Å²) in [6, 6.07) is 15.5. The molecule has 1 aliphatic heterocycles. The molecular formula is C19H16ClNO2. The Kier molecular flexibility index (Phi) is 4.58. The predicted molar refractivity (Wildman–Crippen MR) is 92.5 cm³/mol. The predicted octanol–water partition coefficient (Wildman–Crippen LogP) is 4.58. The Balaban J connectivity index is 1.70. The number of carbonyl (C=O) groups is 1. The first-order chi connectivity index (χ1) is 11.1. The van der Waals surface area contributed by atoms with Gasteiger partial charge in [0.15, 0.2) is 11.6 Å². The summed E-state index contributed by atoms with van der Waals surface area (Å²) < 4.78 is 5.24. The second-order valence-electron chi connectivity index (χ2n) is 5.47. The van der Waals surface area contributed by atoms with E-state index in [1.54, 1.807) is 18.2 Å². The third-order valence-corrected chi connectivity index (χ3v) is 3.80. The van der Waals surface area contributed by atoms with Crippen LogP contribution >= 0.6 is 11.6 Å². The molecule has 3 rings (SSSR count). The Hall–Kier alpha value is -2.39. The summed E-state index contributed by atoms with van der Waals surface area (Å²) in [5.74, 6) is 0.0657. The number of hydrogen-bond acceptors (Lipinski definition) is 3. The normalized spacial score (nSPS) is 15.7. The highest BCUT2D eigenvalue weighted by molar-refractivity contribution is 6.30. The molecule has 0 bridgehead atoms. The second-order valence-corrected chi connectivity index (χ2v) is 5.90. The van der Waals surface area contributed by atoms with Gasteiger partial charge in [-0.1, -0.05) is 53.6 Å². The molecule has 116 valence electrons. The van der Waals surface area contributed by atoms with Crippen molar-refractivity contribution in [2.45, 2.75) is 19.8 Å². The van der Waals surface area contributed by atoms with Crippen LogP contribution in [0.25, 0.3) is 6.08 Å². The second kappa shape index (κ2) is 6.80. The number of aryl methyl sites for hydroxylation is 2. The fourth-order valence-electron chi connectivity index (χ4n) is 2.40. The van der Waals surface area contributed by atoms with Crippen LogP contribution in [0, 0.1) is 6.92 Å². The Morgan fingerprint density at radius 2 is 1.91 bits per heavy atom. The van der Waals surface area contributed by atoms with Crippen LogP contribution in [-0.4, -0.2) is 11.9 Å². The lowest BCUT2D eigenvalue weighted by Crippen LogP contribution is -2.05. The van der Waals surface area contributed by atoms with Gasteiger partial charge in [-0.05, 0) is 42.7 Å². The van der Waals surface area contributed by atoms with Gasteiger partial charge in [0.1, 0.15) is 0 Å². The maximum atomic E-state index is 11.9. The molecule has 0 aliphatic carbocycles. The van der Waals surface area contributed by atoms with Gasteiger partial charge in [0.05, 0.1) is 0 Å². The van der Waals surface area contributed by atoms with E-state index in [-0.39, 0.29) is 0 Å². The van der Waals surface area contributed by atoms with Gasteiger partial charge >= 0.3 is 5.97 Å². The topological polar surface area (TPSA) is 38.7 Å². The summed E-state index contributed by atoms with van der Waals surface area (Å²) in [5.41, 5.74) is 3.62. The highest BCUT2D eigenvalue weighted by Crippen LogP contribution is 2.19. The Labute approximate surface area is 140 Å². The smallest absolute Gasteiger partial charge is 0.363 e. The summed E-state index contributed by atoms with van der Waals surface area (Å²) in [5, 5.41) is 0.656. The SMILES string of the molecule is Cc1cccc(CCC2=N/C(=C/c3ccc(Cl)cc3)C(=O)O2)c1. The lowest BCUT2D eigenvalue weighted by Gasteiger charge is -2.01. The molecule has 4 heteroatoms. The van der Waals surface area contributed by atoms with Crippen molar-refractivity contribution in [3.63, 3.8) is 0 Å². The monoisotopic (exact) mass is 325 g/mol. The van der Waals surface area contributed by atoms with E-state index in [1.807, 2.05) is 18.2 Å². The fourth-order valence-corrected chi connectivity index (χ4v) is 2.52. The van der Waals surface area contributed by atoms with Gasteiger partial charge in [0, 0.05) is 11.4 Å². The van der Waals surface area contributed by atoms with Crippen LogP contribution < -0.4 is 0 Å². The van der Waals surface area contributed by atoms with Crippen molar-refractivity contribution >= 4 is 29.5 Å². The van der Waals surface area contributed by atoms with E-state index in [0.29, 0.717) is 23.0 Å². The largest absolute Gasteiger partial charge is 0.407 e. The van der Waals surface area contributed by atoms with Crippen LogP contribution in [-0.2, 0) is 16.0 Å². The Bertz CT molecular complexity index is 791. The minimum Gasteiger partial charge on any atom is -0.407 e. The zero-order valence-electron chi connectivity index (χ0n) is 12.8. The number of cyclic esters (lactones) is 1. The van der Waals surface area contributed by atoms with Crippen molar-refractivity contribution in [3.05, 3.63) is 75.9 Å². The molecule has 3 nitrogen and oxygen atoms in total. The summed E-state index contributed by atoms with van der Waals surface area (Å²) >= 11 is 5.85. The molecule has 1 aliphatic rings. The summed E-state index contributed by atoms with van der Waals surface area (Å²) in [4.78, 5) is 16.2. The first kappa shape index (κ1) is 15.5. The standard InChI is InChI=1S/C19H16ClNO2/c1-13-3-2-4-14(11-13)7-10-18-21-17(19(22)23-18)12-15-5-8-16(20)9-6-15/h2-6,8-9,11-12H,7,10H2,1H3/b17-12+. The van der Waals surface area contributed by atoms with Gasteiger partial charge in [-0.2, -0.15) is 0 Å². The van der Waals surface area contributed by atoms with Crippen LogP contribution in [0.15, 0.2) is 59.2 Å². The van der Waals surface area contributed by atoms with Crippen LogP contribution in [0.2, 0.25) is 5.02 Å². The number of carbonyl (C=O) groups excluding carboxylic acids is 1. The van der Waals surface area contributed by atoms with E-state index in [9.17, 15) is 4.79 Å². The molecule has 0 unspecified atom stereocenters. The minimum absolute atomic E-state index is 0.326. The van der Waals surface area contributed by atoms with Gasteiger partial charge in [-0.15, -0.1) is 0 Å². The number of benzene rings is 2. The first-order valence-electron chi connectivity index (χ1n) is 7.43. The van der Waals surface area contributed by atoms with Gasteiger partial charge in [0.2, 0.25) is 0 Å². The Morgan fingerprint density at radius 1 is 1.13 bits per heavy atom. The maximum Gasteiger partial charge on any atom is 0.363 e. The molecular weight excluding hydrogens is 310 g/mol. The minimum atomic E-state index is -0.404. The summed E-state index contributed by atoms with van der Waals surface area (Å²) in [6.45, 7) is 2.06. The van der Waals surface area contributed by atoms with Crippen LogP contribution in [0.3, 0.4) is 0 Å². The first-order valence-corrected chi connectivity index (χ1v) is 7.80. The molecule has 23 heavy (non-hydrogen) atoms. The average Bonchev–Trinajstić information content (AvgIpc) is 2.88. The number of hydrogen-bond donors (Lipinski definition) is 0. The zero-order valence-corrected chi connectivity index (χ0v) is 13.5. The van der Waals surface area contributed by atoms with E-state index in [4.69, 9.17) is 16.3 Å². The lowest BCUT2D eigenvalue weighted by molar-refractivity contribution is -0.130. The molecule has 0 aromatic heterocycles. The number of ether oxygens (including phenoxy) is 1. The molecule has 0 fully saturated rings. The molecule has 2 aromatic rings. The fraction of sp³-hybridized carbons (Fsp3) is 0.158. The van der Waals surface area contributed by atoms with Gasteiger partial charge in [-0.3, -0.25) is 0 Å². The van der Waals surface area contributed by atoms with Crippen molar-refractivity contribution in [1.82, 2.24) is 0 Å². The number of esters is 1. The summed E-state index contributed by atoms with van der Waals surface area (Å²) in [6.07, 6.45) is 3.10. The van der Waals surface area contributed by atoms with Crippen LogP contribution in [0.5, 0.6) is 0 Å². The van der Waals surface area contributed by atoms with Crippen molar-refractivity contribution in [2.75, 3.05) is 0 Å². The third kappa shape index (κ3) is 4.08. The van der Waals surface area contributed by atoms with Crippen molar-refractivity contribution in [3.8, 4) is 0 Å². The molecule has 0 amide bonds. The van der Waals surface area contributed by atoms with Crippen LogP contribution in [0.4, 0.5) is 0 Å². The molecule has 1 heterocycles. The van der Waals surface area contributed by atoms with E-state index < -0.39 is 5.97 Å². The van der Waals surface area contributed by atoms with Crippen molar-refractivity contribution < 1.29 is 9.53 Å². The third-order valence-electron chi connectivity index (χ3n) is 3.55. The number of nitrogens with zero attached hydrogens (tertiary/aromatic N) is 1. The van der Waals surface area contributed by atoms with Gasteiger partial charge in [0.25, 0.3) is 0 Å². The van der Waals surface area contributed by atoms with E-state index in [2.05, 4.69) is 30.1 Å². The van der Waals surface area contributed by atoms with E-state index in [0.717, 1.165) is 12.0 Å². The molecule has 0 saturated heterocycles. The molecule has 0 atom stereocenters. The van der Waals surface area contributed by atoms with Crippen molar-refractivity contribution in [1.29, 1.82) is 0 Å². The van der Waals surface area contributed by atoms with E-state index in [1.165, 1.54) is 11.1 Å². The number of halogens is 1. The van der Waals surface area contributed by atoms with Gasteiger partial charge in [-0.25, -0.2) is 9.79 Å². The molecule has 0 spiro atoms. The maximum absolute atomic E-state index is 11.9. The van der Waals surface area contributed by atoms with Crippen LogP contribution in [0.1, 0.15) is 23.1 Å². The number of aliphatic imine (C=N–C) groups is 1. The zero-order chi connectivity index (χ0) is 16.2. The molecule has 0 N–H and O–H groups in total.